The van der Waals surface area contributed by atoms with E-state index in [1.54, 1.807) is 18.3 Å². The number of fused-ring (bicyclic) bond motifs is 2. The monoisotopic (exact) mass is 535 g/mol. The molecule has 1 aromatic heterocycles. The molecule has 200 valence electrons. The molecule has 3 heterocycles. The first-order valence-electron chi connectivity index (χ1n) is 13.8. The molecule has 4 aliphatic rings. The summed E-state index contributed by atoms with van der Waals surface area (Å²) in [7, 11) is 0. The van der Waals surface area contributed by atoms with Crippen LogP contribution in [0, 0.1) is 11.8 Å². The fourth-order valence-electron chi connectivity index (χ4n) is 6.24. The number of carbonyl (C=O) groups is 3. The van der Waals surface area contributed by atoms with Gasteiger partial charge in [-0.15, -0.1) is 0 Å². The summed E-state index contributed by atoms with van der Waals surface area (Å²) in [6.07, 6.45) is 9.68. The largest absolute Gasteiger partial charge is 0.380 e. The Morgan fingerprint density at radius 2 is 1.68 bits per heavy atom. The zero-order chi connectivity index (χ0) is 26.6. The number of rotatable bonds is 9. The molecule has 2 amide bonds. The van der Waals surface area contributed by atoms with E-state index in [0.29, 0.717) is 28.3 Å². The average Bonchev–Trinajstić information content (AvgIpc) is 3.81. The van der Waals surface area contributed by atoms with Gasteiger partial charge in [-0.2, -0.15) is 0 Å². The van der Waals surface area contributed by atoms with Crippen LogP contribution in [0.1, 0.15) is 89.4 Å². The number of nitrogens with two attached hydrogens (primary N) is 1. The van der Waals surface area contributed by atoms with Gasteiger partial charge in [0.2, 0.25) is 0 Å². The molecule has 6 rings (SSSR count). The van der Waals surface area contributed by atoms with Crippen LogP contribution in [0.25, 0.3) is 0 Å². The number of primary amides is 1. The number of nitrogens with one attached hydrogen (secondary N) is 2. The Morgan fingerprint density at radius 1 is 1.00 bits per heavy atom. The summed E-state index contributed by atoms with van der Waals surface area (Å²) in [6.45, 7) is 2.06. The van der Waals surface area contributed by atoms with Gasteiger partial charge in [-0.05, 0) is 88.5 Å². The van der Waals surface area contributed by atoms with Crippen molar-refractivity contribution in [2.24, 2.45) is 17.6 Å². The van der Waals surface area contributed by atoms with E-state index in [-0.39, 0.29) is 46.8 Å². The van der Waals surface area contributed by atoms with Crippen molar-refractivity contribution in [1.82, 2.24) is 10.3 Å². The predicted molar refractivity (Wildman–Crippen MR) is 147 cm³/mol. The predicted octanol–water partition coefficient (Wildman–Crippen LogP) is 4.57. The highest BCUT2D eigenvalue weighted by atomic mass is 35.5. The maximum absolute atomic E-state index is 13.3. The highest BCUT2D eigenvalue weighted by Crippen LogP contribution is 2.40. The van der Waals surface area contributed by atoms with Crippen molar-refractivity contribution in [2.45, 2.75) is 82.5 Å². The Balaban J connectivity index is 1.14. The van der Waals surface area contributed by atoms with E-state index in [9.17, 15) is 14.4 Å². The Hall–Kier alpha value is -3.13. The lowest BCUT2D eigenvalue weighted by Gasteiger charge is -2.40. The minimum atomic E-state index is -0.577. The summed E-state index contributed by atoms with van der Waals surface area (Å²) in [4.78, 5) is 44.8. The first-order chi connectivity index (χ1) is 18.3. The zero-order valence-corrected chi connectivity index (χ0v) is 22.3. The van der Waals surface area contributed by atoms with Gasteiger partial charge < -0.3 is 21.3 Å². The van der Waals surface area contributed by atoms with Crippen molar-refractivity contribution in [2.75, 3.05) is 10.2 Å². The fourth-order valence-corrected chi connectivity index (χ4v) is 6.54. The third-order valence-electron chi connectivity index (χ3n) is 8.67. The molecule has 4 N–H and O–H groups in total. The van der Waals surface area contributed by atoms with Gasteiger partial charge in [0.15, 0.2) is 5.78 Å². The first kappa shape index (κ1) is 25.2. The van der Waals surface area contributed by atoms with Gasteiger partial charge in [-0.25, -0.2) is 4.98 Å². The second-order valence-corrected chi connectivity index (χ2v) is 11.8. The minimum Gasteiger partial charge on any atom is -0.380 e. The number of aromatic nitrogens is 1. The smallest absolute Gasteiger partial charge is 0.253 e. The Morgan fingerprint density at radius 3 is 2.26 bits per heavy atom. The van der Waals surface area contributed by atoms with Crippen LogP contribution in [0.2, 0.25) is 5.02 Å². The second-order valence-electron chi connectivity index (χ2n) is 11.5. The standard InChI is InChI=1S/C29H34ClN5O3/c1-15(16-2-3-16)33-26-23(28(31)37)10-9-22(25(26)30)29(38)34-19-12-20-7-8-21(13-19)35(20)24-11-6-18(14-32-24)27(36)17-4-5-17/h6,9-11,14-17,19-21,33H,2-5,7-8,12-13H2,1H3,(H2,31,37)(H,34,38)/t15?,19-,20+,21-. The molecule has 0 spiro atoms. The zero-order valence-electron chi connectivity index (χ0n) is 21.6. The number of Topliss-reactive ketones (excluding diaryl/α,β-unsaturated/α-hetero) is 1. The molecule has 2 aromatic rings. The van der Waals surface area contributed by atoms with Gasteiger partial charge >= 0.3 is 0 Å². The van der Waals surface area contributed by atoms with Crippen molar-refractivity contribution < 1.29 is 14.4 Å². The third kappa shape index (κ3) is 4.86. The number of ketones is 1. The molecule has 0 radical (unpaired) electrons. The summed E-state index contributed by atoms with van der Waals surface area (Å²) >= 11 is 6.70. The molecule has 8 nitrogen and oxygen atoms in total. The highest BCUT2D eigenvalue weighted by molar-refractivity contribution is 6.37. The number of hydrogen-bond acceptors (Lipinski definition) is 6. The van der Waals surface area contributed by atoms with Gasteiger partial charge in [-0.3, -0.25) is 14.4 Å². The number of piperidine rings is 1. The summed E-state index contributed by atoms with van der Waals surface area (Å²) < 4.78 is 0. The van der Waals surface area contributed by atoms with E-state index in [0.717, 1.165) is 57.2 Å². The third-order valence-corrected chi connectivity index (χ3v) is 9.06. The summed E-state index contributed by atoms with van der Waals surface area (Å²) in [5, 5.41) is 6.77. The van der Waals surface area contributed by atoms with Gasteiger partial charge in [0.25, 0.3) is 11.8 Å². The Bertz CT molecular complexity index is 1260. The number of amides is 2. The second kappa shape index (κ2) is 9.88. The van der Waals surface area contributed by atoms with Crippen LogP contribution in [-0.2, 0) is 0 Å². The average molecular weight is 536 g/mol. The lowest BCUT2D eigenvalue weighted by Crippen LogP contribution is -2.50. The summed E-state index contributed by atoms with van der Waals surface area (Å²) in [6, 6.07) is 7.76. The molecule has 38 heavy (non-hydrogen) atoms. The van der Waals surface area contributed by atoms with Gasteiger partial charge in [0, 0.05) is 41.8 Å². The minimum absolute atomic E-state index is 0.0145. The van der Waals surface area contributed by atoms with Crippen LogP contribution in [0.3, 0.4) is 0 Å². The number of benzene rings is 1. The van der Waals surface area contributed by atoms with Crippen LogP contribution in [0.5, 0.6) is 0 Å². The van der Waals surface area contributed by atoms with Crippen LogP contribution >= 0.6 is 11.6 Å². The van der Waals surface area contributed by atoms with Crippen LogP contribution in [0.4, 0.5) is 11.5 Å². The molecule has 2 saturated carbocycles. The van der Waals surface area contributed by atoms with E-state index in [1.807, 2.05) is 12.1 Å². The molecule has 9 heteroatoms. The molecular weight excluding hydrogens is 502 g/mol. The quantitative estimate of drug-likeness (QED) is 0.405. The van der Waals surface area contributed by atoms with Crippen LogP contribution in [-0.4, -0.2) is 46.7 Å². The maximum atomic E-state index is 13.3. The van der Waals surface area contributed by atoms with Crippen molar-refractivity contribution >= 4 is 40.7 Å². The Labute approximate surface area is 227 Å². The molecule has 2 bridgehead atoms. The molecule has 2 saturated heterocycles. The summed E-state index contributed by atoms with van der Waals surface area (Å²) in [5.74, 6) is 1.01. The van der Waals surface area contributed by atoms with E-state index >= 15 is 0 Å². The van der Waals surface area contributed by atoms with Crippen LogP contribution < -0.4 is 21.3 Å². The van der Waals surface area contributed by atoms with Crippen molar-refractivity contribution in [3.05, 3.63) is 52.2 Å². The fraction of sp³-hybridized carbons (Fsp3) is 0.517. The number of anilines is 2. The van der Waals surface area contributed by atoms with Gasteiger partial charge in [0.05, 0.1) is 21.8 Å². The molecule has 1 aromatic carbocycles. The molecule has 4 fully saturated rings. The number of hydrogen-bond donors (Lipinski definition) is 3. The van der Waals surface area contributed by atoms with Crippen molar-refractivity contribution in [1.29, 1.82) is 0 Å². The maximum Gasteiger partial charge on any atom is 0.253 e. The molecule has 2 aliphatic heterocycles. The van der Waals surface area contributed by atoms with Gasteiger partial charge in [0.1, 0.15) is 5.82 Å². The topological polar surface area (TPSA) is 117 Å². The highest BCUT2D eigenvalue weighted by Gasteiger charge is 2.42. The van der Waals surface area contributed by atoms with E-state index in [4.69, 9.17) is 17.3 Å². The van der Waals surface area contributed by atoms with E-state index in [2.05, 4.69) is 27.4 Å². The number of carbonyl (C=O) groups excluding carboxylic acids is 3. The first-order valence-corrected chi connectivity index (χ1v) is 14.2. The number of nitrogens with zero attached hydrogens (tertiary/aromatic N) is 2. The van der Waals surface area contributed by atoms with Crippen LogP contribution in [0.15, 0.2) is 30.5 Å². The normalized spacial score (nSPS) is 25.1. The number of pyridine rings is 1. The van der Waals surface area contributed by atoms with Gasteiger partial charge in [-0.1, -0.05) is 11.6 Å². The molecule has 2 aliphatic carbocycles. The van der Waals surface area contributed by atoms with Crippen molar-refractivity contribution in [3.63, 3.8) is 0 Å². The molecule has 1 unspecified atom stereocenters. The lowest BCUT2D eigenvalue weighted by molar-refractivity contribution is 0.0924. The molecular formula is C29H34ClN5O3. The molecule has 4 atom stereocenters. The van der Waals surface area contributed by atoms with E-state index < -0.39 is 5.91 Å². The van der Waals surface area contributed by atoms with Crippen molar-refractivity contribution in [3.8, 4) is 0 Å². The lowest BCUT2D eigenvalue weighted by atomic mass is 9.96. The van der Waals surface area contributed by atoms with E-state index in [1.165, 1.54) is 0 Å². The number of halogens is 1. The Kier molecular flexibility index (Phi) is 6.54. The summed E-state index contributed by atoms with van der Waals surface area (Å²) in [5.41, 5.74) is 7.38. The SMILES string of the molecule is CC(Nc1c(C(N)=O)ccc(C(=O)N[C@H]2C[C@H]3CC[C@@H](C2)N3c2ccc(C(=O)C3CC3)cn2)c1Cl)C1CC1.